The number of nitrogens with zero attached hydrogens (tertiary/aromatic N) is 1. The molecule has 0 unspecified atom stereocenters. The first-order valence-electron chi connectivity index (χ1n) is 6.70. The van der Waals surface area contributed by atoms with E-state index in [-0.39, 0.29) is 18.3 Å². The third-order valence-corrected chi connectivity index (χ3v) is 4.92. The lowest BCUT2D eigenvalue weighted by molar-refractivity contribution is 0.00578. The highest BCUT2D eigenvalue weighted by Gasteiger charge is 2.53. The molecular weight excluding hydrogens is 261 g/mol. The van der Waals surface area contributed by atoms with Crippen molar-refractivity contribution in [1.29, 1.82) is 0 Å². The van der Waals surface area contributed by atoms with Gasteiger partial charge in [-0.15, -0.1) is 0 Å². The SMILES string of the molecule is CCCc1nc(OC)sc1B1OC(C)(C)C(C)(C)O1. The van der Waals surface area contributed by atoms with Crippen LogP contribution in [0.25, 0.3) is 0 Å². The van der Waals surface area contributed by atoms with E-state index in [1.165, 1.54) is 11.3 Å². The number of ether oxygens (including phenoxy) is 1. The Bertz CT molecular complexity index is 443. The van der Waals surface area contributed by atoms with E-state index >= 15 is 0 Å². The second kappa shape index (κ2) is 5.07. The molecule has 0 bridgehead atoms. The summed E-state index contributed by atoms with van der Waals surface area (Å²) in [4.78, 5) is 4.49. The second-order valence-electron chi connectivity index (χ2n) is 5.83. The quantitative estimate of drug-likeness (QED) is 0.796. The van der Waals surface area contributed by atoms with Crippen LogP contribution in [0.3, 0.4) is 0 Å². The van der Waals surface area contributed by atoms with Gasteiger partial charge >= 0.3 is 7.12 Å². The van der Waals surface area contributed by atoms with E-state index in [2.05, 4.69) is 39.6 Å². The molecule has 4 nitrogen and oxygen atoms in total. The van der Waals surface area contributed by atoms with E-state index in [9.17, 15) is 0 Å². The summed E-state index contributed by atoms with van der Waals surface area (Å²) >= 11 is 1.51. The summed E-state index contributed by atoms with van der Waals surface area (Å²) in [7, 11) is 1.30. The smallest absolute Gasteiger partial charge is 0.473 e. The van der Waals surface area contributed by atoms with Crippen LogP contribution < -0.4 is 9.51 Å². The maximum atomic E-state index is 6.09. The van der Waals surface area contributed by atoms with Gasteiger partial charge in [0.25, 0.3) is 5.19 Å². The zero-order chi connectivity index (χ0) is 14.3. The molecule has 2 heterocycles. The Kier molecular flexibility index (Phi) is 3.96. The van der Waals surface area contributed by atoms with Gasteiger partial charge in [-0.25, -0.2) is 4.98 Å². The predicted octanol–water partition coefficient (Wildman–Crippen LogP) is 2.40. The van der Waals surface area contributed by atoms with Crippen molar-refractivity contribution in [1.82, 2.24) is 4.98 Å². The first-order chi connectivity index (χ1) is 8.80. The van der Waals surface area contributed by atoms with Gasteiger partial charge in [0.2, 0.25) is 0 Å². The molecule has 1 aliphatic rings. The normalized spacial score (nSPS) is 20.8. The lowest BCUT2D eigenvalue weighted by Crippen LogP contribution is -2.41. The summed E-state index contributed by atoms with van der Waals surface area (Å²) < 4.78 is 18.5. The summed E-state index contributed by atoms with van der Waals surface area (Å²) in [6, 6.07) is 0. The van der Waals surface area contributed by atoms with Crippen molar-refractivity contribution in [2.75, 3.05) is 7.11 Å². The van der Waals surface area contributed by atoms with Crippen molar-refractivity contribution >= 4 is 23.2 Å². The Morgan fingerprint density at radius 3 is 2.26 bits per heavy atom. The summed E-state index contributed by atoms with van der Waals surface area (Å²) in [5, 5.41) is 0.674. The maximum Gasteiger partial charge on any atom is 0.507 e. The molecule has 0 aliphatic carbocycles. The zero-order valence-electron chi connectivity index (χ0n) is 12.6. The summed E-state index contributed by atoms with van der Waals surface area (Å²) in [6.07, 6.45) is 1.96. The van der Waals surface area contributed by atoms with Crippen LogP contribution in [0, 0.1) is 0 Å². The van der Waals surface area contributed by atoms with Gasteiger partial charge in [-0.3, -0.25) is 0 Å². The van der Waals surface area contributed by atoms with E-state index in [1.54, 1.807) is 7.11 Å². The molecule has 19 heavy (non-hydrogen) atoms. The molecule has 0 N–H and O–H groups in total. The van der Waals surface area contributed by atoms with E-state index in [1.807, 2.05) is 0 Å². The molecule has 1 saturated heterocycles. The lowest BCUT2D eigenvalue weighted by Gasteiger charge is -2.32. The van der Waals surface area contributed by atoms with Crippen LogP contribution in [-0.4, -0.2) is 30.4 Å². The standard InChI is InChI=1S/C13H22BNO3S/c1-7-8-9-10(19-11(15-9)16-6)14-17-12(2,3)13(4,5)18-14/h7-8H2,1-6H3. The van der Waals surface area contributed by atoms with Gasteiger partial charge < -0.3 is 14.0 Å². The average Bonchev–Trinajstić information content (AvgIpc) is 2.79. The number of aromatic nitrogens is 1. The summed E-state index contributed by atoms with van der Waals surface area (Å²) in [5.41, 5.74) is 0.388. The van der Waals surface area contributed by atoms with Crippen LogP contribution in [0.4, 0.5) is 0 Å². The average molecular weight is 283 g/mol. The van der Waals surface area contributed by atoms with Crippen molar-refractivity contribution < 1.29 is 14.0 Å². The van der Waals surface area contributed by atoms with E-state index in [4.69, 9.17) is 14.0 Å². The molecule has 0 atom stereocenters. The third kappa shape index (κ3) is 2.66. The Balaban J connectivity index is 2.30. The number of methoxy groups -OCH3 is 1. The molecule has 0 amide bonds. The Hall–Kier alpha value is -0.585. The van der Waals surface area contributed by atoms with E-state index in [0.717, 1.165) is 23.3 Å². The first kappa shape index (κ1) is 14.8. The van der Waals surface area contributed by atoms with Gasteiger partial charge in [-0.1, -0.05) is 24.7 Å². The fraction of sp³-hybridized carbons (Fsp3) is 0.769. The molecule has 0 radical (unpaired) electrons. The van der Waals surface area contributed by atoms with Gasteiger partial charge in [0.15, 0.2) is 0 Å². The van der Waals surface area contributed by atoms with Gasteiger partial charge in [0.05, 0.1) is 28.8 Å². The first-order valence-corrected chi connectivity index (χ1v) is 7.51. The fourth-order valence-corrected chi connectivity index (χ4v) is 2.86. The Labute approximate surface area is 119 Å². The zero-order valence-corrected chi connectivity index (χ0v) is 13.4. The molecule has 1 aliphatic heterocycles. The molecule has 6 heteroatoms. The molecule has 1 fully saturated rings. The summed E-state index contributed by atoms with van der Waals surface area (Å²) in [5.74, 6) is 0. The van der Waals surface area contributed by atoms with Crippen LogP contribution in [0.5, 0.6) is 5.19 Å². The fourth-order valence-electron chi connectivity index (χ4n) is 1.98. The molecule has 106 valence electrons. The summed E-state index contributed by atoms with van der Waals surface area (Å²) in [6.45, 7) is 10.4. The molecule has 2 rings (SSSR count). The van der Waals surface area contributed by atoms with E-state index in [0.29, 0.717) is 5.19 Å². The minimum atomic E-state index is -0.340. The van der Waals surface area contributed by atoms with Crippen molar-refractivity contribution in [3.05, 3.63) is 5.69 Å². The number of hydrogen-bond acceptors (Lipinski definition) is 5. The van der Waals surface area contributed by atoms with Crippen LogP contribution in [0.15, 0.2) is 0 Å². The predicted molar refractivity (Wildman–Crippen MR) is 78.4 cm³/mol. The molecule has 0 aromatic carbocycles. The van der Waals surface area contributed by atoms with Crippen molar-refractivity contribution in [3.63, 3.8) is 0 Å². The third-order valence-electron chi connectivity index (χ3n) is 3.84. The topological polar surface area (TPSA) is 40.6 Å². The maximum absolute atomic E-state index is 6.09. The van der Waals surface area contributed by atoms with Gasteiger partial charge in [-0.05, 0) is 34.1 Å². The minimum absolute atomic E-state index is 0.321. The second-order valence-corrected chi connectivity index (χ2v) is 6.83. The Morgan fingerprint density at radius 2 is 1.79 bits per heavy atom. The molecule has 1 aromatic rings. The van der Waals surface area contributed by atoms with Crippen molar-refractivity contribution in [3.8, 4) is 5.19 Å². The van der Waals surface area contributed by atoms with E-state index < -0.39 is 0 Å². The highest BCUT2D eigenvalue weighted by atomic mass is 32.1. The van der Waals surface area contributed by atoms with Gasteiger partial charge in [0.1, 0.15) is 0 Å². The number of hydrogen-bond donors (Lipinski definition) is 0. The molecule has 0 saturated carbocycles. The van der Waals surface area contributed by atoms with Crippen molar-refractivity contribution in [2.24, 2.45) is 0 Å². The van der Waals surface area contributed by atoms with Crippen LogP contribution >= 0.6 is 11.3 Å². The Morgan fingerprint density at radius 1 is 1.21 bits per heavy atom. The van der Waals surface area contributed by atoms with Gasteiger partial charge in [-0.2, -0.15) is 0 Å². The van der Waals surface area contributed by atoms with Gasteiger partial charge in [0, 0.05) is 0 Å². The largest absolute Gasteiger partial charge is 0.507 e. The number of aryl methyl sites for hydroxylation is 1. The highest BCUT2D eigenvalue weighted by Crippen LogP contribution is 2.37. The van der Waals surface area contributed by atoms with Crippen molar-refractivity contribution in [2.45, 2.75) is 58.7 Å². The van der Waals surface area contributed by atoms with Crippen LogP contribution in [-0.2, 0) is 15.7 Å². The molecule has 1 aromatic heterocycles. The van der Waals surface area contributed by atoms with Crippen LogP contribution in [0.1, 0.15) is 46.7 Å². The molecule has 0 spiro atoms. The highest BCUT2D eigenvalue weighted by molar-refractivity contribution is 7.23. The monoisotopic (exact) mass is 283 g/mol. The molecular formula is C13H22BNO3S. The number of rotatable bonds is 4. The van der Waals surface area contributed by atoms with Crippen LogP contribution in [0.2, 0.25) is 0 Å². The number of thiazole rings is 1. The lowest BCUT2D eigenvalue weighted by atomic mass is 9.85. The minimum Gasteiger partial charge on any atom is -0.473 e.